The lowest BCUT2D eigenvalue weighted by molar-refractivity contribution is -0.151. The van der Waals surface area contributed by atoms with Crippen LogP contribution in [0.3, 0.4) is 0 Å². The standard InChI is InChI=1S/C21H23NO2/c1-14(23)24-20-12-17-15-8-4-6-10-18(15)21(20,13-22(2)3)19-11-7-5-9-16(17)19/h4-11,17,20H,12-13H2,1-3H3. The zero-order valence-electron chi connectivity index (χ0n) is 14.5. The van der Waals surface area contributed by atoms with Crippen molar-refractivity contribution in [3.63, 3.8) is 0 Å². The number of carbonyl (C=O) groups excluding carboxylic acids is 1. The Morgan fingerprint density at radius 2 is 1.62 bits per heavy atom. The third-order valence-electron chi connectivity index (χ3n) is 5.51. The van der Waals surface area contributed by atoms with Crippen LogP contribution >= 0.6 is 0 Å². The summed E-state index contributed by atoms with van der Waals surface area (Å²) < 4.78 is 5.88. The molecular weight excluding hydrogens is 298 g/mol. The highest BCUT2D eigenvalue weighted by Crippen LogP contribution is 2.57. The van der Waals surface area contributed by atoms with Gasteiger partial charge in [-0.05, 0) is 42.8 Å². The SMILES string of the molecule is CC(=O)OC1CC2c3ccccc3C1(CN(C)C)c1ccccc12. The molecule has 2 bridgehead atoms. The normalized spacial score (nSPS) is 26.8. The maximum atomic E-state index is 11.8. The van der Waals surface area contributed by atoms with E-state index in [4.69, 9.17) is 4.74 Å². The lowest BCUT2D eigenvalue weighted by atomic mass is 9.53. The zero-order valence-corrected chi connectivity index (χ0v) is 14.5. The first kappa shape index (κ1) is 15.4. The van der Waals surface area contributed by atoms with Crippen molar-refractivity contribution in [2.75, 3.05) is 20.6 Å². The summed E-state index contributed by atoms with van der Waals surface area (Å²) in [6, 6.07) is 17.4. The first-order valence-electron chi connectivity index (χ1n) is 8.55. The summed E-state index contributed by atoms with van der Waals surface area (Å²) in [5.41, 5.74) is 5.12. The van der Waals surface area contributed by atoms with Gasteiger partial charge in [-0.3, -0.25) is 4.79 Å². The Balaban J connectivity index is 2.01. The number of benzene rings is 2. The number of hydrogen-bond donors (Lipinski definition) is 0. The molecule has 0 saturated heterocycles. The molecule has 0 radical (unpaired) electrons. The van der Waals surface area contributed by atoms with Crippen molar-refractivity contribution in [2.24, 2.45) is 0 Å². The molecule has 124 valence electrons. The van der Waals surface area contributed by atoms with E-state index in [-0.39, 0.29) is 17.5 Å². The third kappa shape index (κ3) is 2.04. The van der Waals surface area contributed by atoms with E-state index in [0.717, 1.165) is 13.0 Å². The van der Waals surface area contributed by atoms with Crippen molar-refractivity contribution in [3.8, 4) is 0 Å². The van der Waals surface area contributed by atoms with Crippen molar-refractivity contribution < 1.29 is 9.53 Å². The summed E-state index contributed by atoms with van der Waals surface area (Å²) >= 11 is 0. The van der Waals surface area contributed by atoms with Gasteiger partial charge in [-0.2, -0.15) is 0 Å². The Bertz CT molecular complexity index is 748. The van der Waals surface area contributed by atoms with Gasteiger partial charge in [-0.15, -0.1) is 0 Å². The molecule has 0 amide bonds. The van der Waals surface area contributed by atoms with Gasteiger partial charge in [0.05, 0.1) is 5.41 Å². The molecule has 0 fully saturated rings. The Kier molecular flexibility index (Phi) is 3.50. The van der Waals surface area contributed by atoms with Crippen LogP contribution in [-0.4, -0.2) is 37.6 Å². The van der Waals surface area contributed by atoms with Gasteiger partial charge in [-0.1, -0.05) is 48.5 Å². The number of hydrogen-bond acceptors (Lipinski definition) is 3. The minimum Gasteiger partial charge on any atom is -0.461 e. The quantitative estimate of drug-likeness (QED) is 0.812. The number of nitrogens with zero attached hydrogens (tertiary/aromatic N) is 1. The number of likely N-dealkylation sites (N-methyl/N-ethyl adjacent to an activating group) is 1. The Morgan fingerprint density at radius 3 is 2.12 bits per heavy atom. The van der Waals surface area contributed by atoms with Gasteiger partial charge in [0, 0.05) is 19.4 Å². The number of carbonyl (C=O) groups is 1. The van der Waals surface area contributed by atoms with E-state index in [1.807, 2.05) is 0 Å². The summed E-state index contributed by atoms with van der Waals surface area (Å²) in [5.74, 6) is 0.117. The number of ether oxygens (including phenoxy) is 1. The predicted octanol–water partition coefficient (Wildman–Crippen LogP) is 3.32. The van der Waals surface area contributed by atoms with Gasteiger partial charge < -0.3 is 9.64 Å². The van der Waals surface area contributed by atoms with Crippen molar-refractivity contribution >= 4 is 5.97 Å². The second-order valence-corrected chi connectivity index (χ2v) is 7.27. The molecule has 0 heterocycles. The molecule has 5 rings (SSSR count). The van der Waals surface area contributed by atoms with Crippen molar-refractivity contribution in [1.82, 2.24) is 4.90 Å². The molecule has 0 aliphatic heterocycles. The van der Waals surface area contributed by atoms with Crippen LogP contribution < -0.4 is 0 Å². The monoisotopic (exact) mass is 321 g/mol. The van der Waals surface area contributed by atoms with E-state index in [2.05, 4.69) is 67.5 Å². The van der Waals surface area contributed by atoms with Gasteiger partial charge >= 0.3 is 5.97 Å². The summed E-state index contributed by atoms with van der Waals surface area (Å²) in [4.78, 5) is 14.0. The van der Waals surface area contributed by atoms with E-state index in [0.29, 0.717) is 5.92 Å². The van der Waals surface area contributed by atoms with Crippen LogP contribution in [0.2, 0.25) is 0 Å². The molecule has 3 aliphatic carbocycles. The molecule has 3 aliphatic rings. The maximum absolute atomic E-state index is 11.8. The van der Waals surface area contributed by atoms with Crippen molar-refractivity contribution in [1.29, 1.82) is 0 Å². The molecule has 0 N–H and O–H groups in total. The highest BCUT2D eigenvalue weighted by atomic mass is 16.5. The summed E-state index contributed by atoms with van der Waals surface area (Å²) in [5, 5.41) is 0. The summed E-state index contributed by atoms with van der Waals surface area (Å²) in [6.07, 6.45) is 0.744. The van der Waals surface area contributed by atoms with Gasteiger partial charge in [0.15, 0.2) is 0 Å². The van der Waals surface area contributed by atoms with E-state index >= 15 is 0 Å². The lowest BCUT2D eigenvalue weighted by Gasteiger charge is -2.54. The molecule has 3 nitrogen and oxygen atoms in total. The maximum Gasteiger partial charge on any atom is 0.302 e. The Morgan fingerprint density at radius 1 is 1.08 bits per heavy atom. The van der Waals surface area contributed by atoms with Gasteiger partial charge in [-0.25, -0.2) is 0 Å². The molecule has 3 heteroatoms. The Hall–Kier alpha value is -2.13. The number of fused-ring (bicyclic) bond motifs is 1. The third-order valence-corrected chi connectivity index (χ3v) is 5.51. The molecule has 1 unspecified atom stereocenters. The molecule has 2 aromatic carbocycles. The van der Waals surface area contributed by atoms with Gasteiger partial charge in [0.25, 0.3) is 0 Å². The number of rotatable bonds is 3. The average Bonchev–Trinajstić information content (AvgIpc) is 2.56. The zero-order chi connectivity index (χ0) is 16.9. The first-order chi connectivity index (χ1) is 11.5. The van der Waals surface area contributed by atoms with E-state index < -0.39 is 0 Å². The summed E-state index contributed by atoms with van der Waals surface area (Å²) in [6.45, 7) is 2.34. The first-order valence-corrected chi connectivity index (χ1v) is 8.55. The molecule has 1 atom stereocenters. The average molecular weight is 321 g/mol. The fourth-order valence-corrected chi connectivity index (χ4v) is 4.86. The van der Waals surface area contributed by atoms with Crippen LogP contribution in [0.4, 0.5) is 0 Å². The van der Waals surface area contributed by atoms with E-state index in [1.165, 1.54) is 29.2 Å². The van der Waals surface area contributed by atoms with Gasteiger partial charge in [0.2, 0.25) is 0 Å². The highest BCUT2D eigenvalue weighted by Gasteiger charge is 2.55. The van der Waals surface area contributed by atoms with Gasteiger partial charge in [0.1, 0.15) is 6.10 Å². The smallest absolute Gasteiger partial charge is 0.302 e. The van der Waals surface area contributed by atoms with Crippen LogP contribution in [0, 0.1) is 0 Å². The number of esters is 1. The fraction of sp³-hybridized carbons (Fsp3) is 0.381. The van der Waals surface area contributed by atoms with Crippen LogP contribution in [0.1, 0.15) is 41.5 Å². The molecular formula is C21H23NO2. The van der Waals surface area contributed by atoms with Crippen molar-refractivity contribution in [3.05, 3.63) is 70.8 Å². The minimum absolute atomic E-state index is 0.118. The minimum atomic E-state index is -0.295. The lowest BCUT2D eigenvalue weighted by Crippen LogP contribution is -2.56. The molecule has 0 saturated carbocycles. The molecule has 24 heavy (non-hydrogen) atoms. The van der Waals surface area contributed by atoms with Crippen molar-refractivity contribution in [2.45, 2.75) is 30.8 Å². The molecule has 0 spiro atoms. The van der Waals surface area contributed by atoms with Crippen LogP contribution in [-0.2, 0) is 14.9 Å². The largest absolute Gasteiger partial charge is 0.461 e. The second kappa shape index (κ2) is 5.45. The highest BCUT2D eigenvalue weighted by molar-refractivity contribution is 5.68. The molecule has 0 aromatic heterocycles. The van der Waals surface area contributed by atoms with E-state index in [1.54, 1.807) is 0 Å². The van der Waals surface area contributed by atoms with Crippen LogP contribution in [0.25, 0.3) is 0 Å². The summed E-state index contributed by atoms with van der Waals surface area (Å²) in [7, 11) is 4.18. The Labute approximate surface area is 143 Å². The molecule has 2 aromatic rings. The van der Waals surface area contributed by atoms with E-state index in [9.17, 15) is 4.79 Å². The predicted molar refractivity (Wildman–Crippen MR) is 94.2 cm³/mol. The second-order valence-electron chi connectivity index (χ2n) is 7.27. The topological polar surface area (TPSA) is 29.5 Å². The fourth-order valence-electron chi connectivity index (χ4n) is 4.86. The van der Waals surface area contributed by atoms with Crippen LogP contribution in [0.5, 0.6) is 0 Å². The van der Waals surface area contributed by atoms with Crippen LogP contribution in [0.15, 0.2) is 48.5 Å².